The van der Waals surface area contributed by atoms with Crippen LogP contribution in [0.4, 0.5) is 5.69 Å². The number of nitro benzene ring substituents is 1. The van der Waals surface area contributed by atoms with Crippen molar-refractivity contribution in [2.45, 2.75) is 56.4 Å². The van der Waals surface area contributed by atoms with E-state index >= 15 is 0 Å². The van der Waals surface area contributed by atoms with Gasteiger partial charge in [0.2, 0.25) is 10.0 Å². The molecule has 1 fully saturated rings. The predicted octanol–water partition coefficient (Wildman–Crippen LogP) is 4.26. The summed E-state index contributed by atoms with van der Waals surface area (Å²) in [7, 11) is -3.84. The van der Waals surface area contributed by atoms with Gasteiger partial charge in [-0.1, -0.05) is 26.0 Å². The molecule has 8 nitrogen and oxygen atoms in total. The topological polar surface area (TPSA) is 107 Å². The highest BCUT2D eigenvalue weighted by Crippen LogP contribution is 2.46. The fraction of sp³-hybridized carbons (Fsp3) is 0.409. The first-order valence-corrected chi connectivity index (χ1v) is 11.6. The van der Waals surface area contributed by atoms with E-state index in [2.05, 4.69) is 0 Å². The Kier molecular flexibility index (Phi) is 6.47. The third-order valence-corrected chi connectivity index (χ3v) is 8.09. The van der Waals surface area contributed by atoms with Gasteiger partial charge in [-0.3, -0.25) is 14.9 Å². The molecule has 0 radical (unpaired) electrons. The minimum absolute atomic E-state index is 0.0147. The molecule has 1 aliphatic rings. The molecule has 0 saturated carbocycles. The Morgan fingerprint density at radius 1 is 1.13 bits per heavy atom. The van der Waals surface area contributed by atoms with Crippen molar-refractivity contribution in [2.24, 2.45) is 0 Å². The molecular weight excluding hydrogens is 420 g/mol. The standard InChI is InChI=1S/C22H26N2O6S/c1-4-22(5-2)14-18(17-6-10-20(11-7-17)30-16(3)25)15-23(22)31(28,29)21-12-8-19(9-13-21)24(26)27/h6-13,18H,4-5,14-15H2,1-3H3. The summed E-state index contributed by atoms with van der Waals surface area (Å²) in [6.07, 6.45) is 1.97. The van der Waals surface area contributed by atoms with E-state index in [-0.39, 0.29) is 16.5 Å². The lowest BCUT2D eigenvalue weighted by molar-refractivity contribution is -0.384. The Morgan fingerprint density at radius 3 is 2.19 bits per heavy atom. The average Bonchev–Trinajstić information content (AvgIpc) is 3.15. The van der Waals surface area contributed by atoms with Gasteiger partial charge in [0.1, 0.15) is 5.75 Å². The molecule has 1 heterocycles. The zero-order valence-electron chi connectivity index (χ0n) is 17.8. The van der Waals surface area contributed by atoms with E-state index in [9.17, 15) is 23.3 Å². The normalized spacial score (nSPS) is 18.6. The number of carbonyl (C=O) groups excluding carboxylic acids is 1. The zero-order valence-corrected chi connectivity index (χ0v) is 18.6. The van der Waals surface area contributed by atoms with Crippen LogP contribution in [-0.2, 0) is 14.8 Å². The van der Waals surface area contributed by atoms with Gasteiger partial charge in [0.05, 0.1) is 9.82 Å². The molecular formula is C22H26N2O6S. The number of ether oxygens (including phenoxy) is 1. The van der Waals surface area contributed by atoms with E-state index in [1.165, 1.54) is 31.2 Å². The largest absolute Gasteiger partial charge is 0.427 e. The molecule has 0 N–H and O–H groups in total. The van der Waals surface area contributed by atoms with Gasteiger partial charge in [0, 0.05) is 31.1 Å². The van der Waals surface area contributed by atoms with Crippen LogP contribution >= 0.6 is 0 Å². The second-order valence-electron chi connectivity index (χ2n) is 7.78. The quantitative estimate of drug-likeness (QED) is 0.272. The Labute approximate surface area is 182 Å². The fourth-order valence-electron chi connectivity index (χ4n) is 4.33. The van der Waals surface area contributed by atoms with Crippen LogP contribution in [-0.4, -0.2) is 35.7 Å². The number of rotatable bonds is 7. The smallest absolute Gasteiger partial charge is 0.308 e. The van der Waals surface area contributed by atoms with Gasteiger partial charge in [-0.15, -0.1) is 0 Å². The van der Waals surface area contributed by atoms with Gasteiger partial charge in [0.15, 0.2) is 0 Å². The number of carbonyl (C=O) groups is 1. The van der Waals surface area contributed by atoms with Crippen LogP contribution in [0, 0.1) is 10.1 Å². The van der Waals surface area contributed by atoms with Crippen LogP contribution in [0.1, 0.15) is 51.5 Å². The van der Waals surface area contributed by atoms with Gasteiger partial charge in [0.25, 0.3) is 5.69 Å². The summed E-state index contributed by atoms with van der Waals surface area (Å²) in [4.78, 5) is 21.5. The van der Waals surface area contributed by atoms with Gasteiger partial charge < -0.3 is 4.74 Å². The second kappa shape index (κ2) is 8.76. The van der Waals surface area contributed by atoms with E-state index < -0.39 is 26.5 Å². The highest BCUT2D eigenvalue weighted by Gasteiger charge is 2.49. The van der Waals surface area contributed by atoms with Gasteiger partial charge in [-0.05, 0) is 55.0 Å². The van der Waals surface area contributed by atoms with Crippen molar-refractivity contribution in [1.29, 1.82) is 0 Å². The lowest BCUT2D eigenvalue weighted by Gasteiger charge is -2.36. The molecule has 0 aliphatic carbocycles. The Morgan fingerprint density at radius 2 is 1.71 bits per heavy atom. The van der Waals surface area contributed by atoms with E-state index in [0.717, 1.165) is 5.56 Å². The number of nitro groups is 1. The second-order valence-corrected chi connectivity index (χ2v) is 9.64. The molecule has 166 valence electrons. The van der Waals surface area contributed by atoms with Crippen molar-refractivity contribution < 1.29 is 22.9 Å². The van der Waals surface area contributed by atoms with E-state index in [1.807, 2.05) is 26.0 Å². The number of esters is 1. The molecule has 1 saturated heterocycles. The SMILES string of the molecule is CCC1(CC)CC(c2ccc(OC(C)=O)cc2)CN1S(=O)(=O)c1ccc([N+](=O)[O-])cc1. The van der Waals surface area contributed by atoms with E-state index in [1.54, 1.807) is 16.4 Å². The molecule has 1 atom stereocenters. The molecule has 0 bridgehead atoms. The maximum Gasteiger partial charge on any atom is 0.308 e. The van der Waals surface area contributed by atoms with Gasteiger partial charge in [-0.25, -0.2) is 8.42 Å². The lowest BCUT2D eigenvalue weighted by Crippen LogP contribution is -2.46. The van der Waals surface area contributed by atoms with Crippen molar-refractivity contribution >= 4 is 21.7 Å². The van der Waals surface area contributed by atoms with Crippen molar-refractivity contribution in [3.05, 3.63) is 64.2 Å². The van der Waals surface area contributed by atoms with E-state index in [4.69, 9.17) is 4.74 Å². The molecule has 0 aromatic heterocycles. The maximum absolute atomic E-state index is 13.5. The van der Waals surface area contributed by atoms with Crippen LogP contribution in [0.15, 0.2) is 53.4 Å². The number of hydrogen-bond acceptors (Lipinski definition) is 6. The minimum Gasteiger partial charge on any atom is -0.427 e. The Hall–Kier alpha value is -2.78. The van der Waals surface area contributed by atoms with Crippen LogP contribution in [0.3, 0.4) is 0 Å². The summed E-state index contributed by atoms with van der Waals surface area (Å²) >= 11 is 0. The monoisotopic (exact) mass is 446 g/mol. The number of nitrogens with zero attached hydrogens (tertiary/aromatic N) is 2. The highest BCUT2D eigenvalue weighted by molar-refractivity contribution is 7.89. The van der Waals surface area contributed by atoms with Crippen LogP contribution in [0.25, 0.3) is 0 Å². The zero-order chi connectivity index (χ0) is 22.8. The molecule has 0 spiro atoms. The number of non-ortho nitro benzene ring substituents is 1. The predicted molar refractivity (Wildman–Crippen MR) is 115 cm³/mol. The summed E-state index contributed by atoms with van der Waals surface area (Å²) in [5, 5.41) is 10.9. The molecule has 1 aliphatic heterocycles. The van der Waals surface area contributed by atoms with Crippen molar-refractivity contribution in [3.8, 4) is 5.75 Å². The molecule has 2 aromatic rings. The summed E-state index contributed by atoms with van der Waals surface area (Å²) in [5.74, 6) is 0.0333. The molecule has 2 aromatic carbocycles. The first-order chi connectivity index (χ1) is 14.6. The molecule has 9 heteroatoms. The highest BCUT2D eigenvalue weighted by atomic mass is 32.2. The third-order valence-electron chi connectivity index (χ3n) is 6.11. The summed E-state index contributed by atoms with van der Waals surface area (Å²) in [5.41, 5.74) is 0.284. The first kappa shape index (κ1) is 22.9. The minimum atomic E-state index is -3.84. The molecule has 3 rings (SSSR count). The third kappa shape index (κ3) is 4.47. The Balaban J connectivity index is 1.93. The van der Waals surface area contributed by atoms with Crippen LogP contribution in [0.5, 0.6) is 5.75 Å². The van der Waals surface area contributed by atoms with Crippen molar-refractivity contribution in [3.63, 3.8) is 0 Å². The van der Waals surface area contributed by atoms with Crippen LogP contribution < -0.4 is 4.74 Å². The van der Waals surface area contributed by atoms with E-state index in [0.29, 0.717) is 31.6 Å². The molecule has 0 amide bonds. The van der Waals surface area contributed by atoms with Crippen molar-refractivity contribution in [2.75, 3.05) is 6.54 Å². The van der Waals surface area contributed by atoms with Gasteiger partial charge in [-0.2, -0.15) is 4.31 Å². The van der Waals surface area contributed by atoms with Gasteiger partial charge >= 0.3 is 5.97 Å². The first-order valence-electron chi connectivity index (χ1n) is 10.2. The molecule has 1 unspecified atom stereocenters. The average molecular weight is 447 g/mol. The summed E-state index contributed by atoms with van der Waals surface area (Å²) in [6, 6.07) is 12.2. The lowest BCUT2D eigenvalue weighted by atomic mass is 9.85. The number of hydrogen-bond donors (Lipinski definition) is 0. The Bertz CT molecular complexity index is 1060. The maximum atomic E-state index is 13.5. The fourth-order valence-corrected chi connectivity index (χ4v) is 6.28. The van der Waals surface area contributed by atoms with Crippen LogP contribution in [0.2, 0.25) is 0 Å². The van der Waals surface area contributed by atoms with Crippen molar-refractivity contribution in [1.82, 2.24) is 4.31 Å². The summed E-state index contributed by atoms with van der Waals surface area (Å²) in [6.45, 7) is 5.61. The number of benzene rings is 2. The summed E-state index contributed by atoms with van der Waals surface area (Å²) < 4.78 is 33.6. The number of sulfonamides is 1. The molecule has 31 heavy (non-hydrogen) atoms.